The van der Waals surface area contributed by atoms with Gasteiger partial charge >= 0.3 is 0 Å². The van der Waals surface area contributed by atoms with E-state index in [-0.39, 0.29) is 0 Å². The van der Waals surface area contributed by atoms with E-state index >= 15 is 0 Å². The van der Waals surface area contributed by atoms with Crippen molar-refractivity contribution < 1.29 is 152 Å². The monoisotopic (exact) mass is 1240 g/mol. The number of hydrogen-bond acceptors (Lipinski definition) is 31. The molecule has 488 valence electrons. The lowest BCUT2D eigenvalue weighted by atomic mass is 9.92. The third-order valence-electron chi connectivity index (χ3n) is 14.8. The Morgan fingerprint density at radius 1 is 0.282 bits per heavy atom. The van der Waals surface area contributed by atoms with Gasteiger partial charge in [-0.1, -0.05) is 0 Å². The number of hydrogen-bond donors (Lipinski definition) is 20. The highest BCUT2D eigenvalue weighted by Crippen LogP contribution is 2.37. The maximum atomic E-state index is 12.8. The highest BCUT2D eigenvalue weighted by atomic mass is 16.8. The van der Waals surface area contributed by atoms with E-state index in [0.717, 1.165) is 41.5 Å². The van der Waals surface area contributed by atoms with E-state index in [1.807, 2.05) is 0 Å². The number of aliphatic hydroxyl groups is 14. The second-order valence-corrected chi connectivity index (χ2v) is 21.2. The molecule has 85 heavy (non-hydrogen) atoms. The van der Waals surface area contributed by atoms with E-state index in [1.54, 1.807) is 0 Å². The van der Waals surface area contributed by atoms with Gasteiger partial charge in [0.25, 0.3) is 0 Å². The van der Waals surface area contributed by atoms with Crippen LogP contribution in [0.4, 0.5) is 0 Å². The van der Waals surface area contributed by atoms with Crippen LogP contribution in [0.15, 0.2) is 0 Å². The Morgan fingerprint density at radius 2 is 0.471 bits per heavy atom. The fraction of sp³-hybridized carbons (Fsp3) is 0.875. The highest BCUT2D eigenvalue weighted by molar-refractivity contribution is 5.75. The van der Waals surface area contributed by atoms with Gasteiger partial charge in [-0.05, 0) is 0 Å². The second kappa shape index (κ2) is 30.8. The van der Waals surface area contributed by atoms with Crippen molar-refractivity contribution >= 4 is 35.4 Å². The zero-order valence-corrected chi connectivity index (χ0v) is 46.8. The molecule has 37 heteroatoms. The average molecular weight is 1240 g/mol. The zero-order chi connectivity index (χ0) is 63.0. The van der Waals surface area contributed by atoms with Crippen LogP contribution in [0.1, 0.15) is 41.5 Å². The molecule has 0 aromatic heterocycles. The second-order valence-electron chi connectivity index (χ2n) is 21.2. The highest BCUT2D eigenvalue weighted by Gasteiger charge is 2.59. The van der Waals surface area contributed by atoms with Gasteiger partial charge in [0.1, 0.15) is 146 Å². The average Bonchev–Trinajstić information content (AvgIpc) is 2.60. The molecule has 0 bridgehead atoms. The number of ether oxygens (including phenoxy) is 11. The smallest absolute Gasteiger partial charge is 0.217 e. The van der Waals surface area contributed by atoms with Crippen molar-refractivity contribution in [1.29, 1.82) is 0 Å². The van der Waals surface area contributed by atoms with Gasteiger partial charge in [0.15, 0.2) is 37.7 Å². The summed E-state index contributed by atoms with van der Waals surface area (Å²) in [6, 6.07) is -10.0. The summed E-state index contributed by atoms with van der Waals surface area (Å²) in [7, 11) is 0. The Morgan fingerprint density at radius 3 is 0.694 bits per heavy atom. The first-order valence-corrected chi connectivity index (χ1v) is 27.1. The van der Waals surface area contributed by atoms with Crippen molar-refractivity contribution in [3.8, 4) is 0 Å². The van der Waals surface area contributed by atoms with Gasteiger partial charge in [-0.15, -0.1) is 0 Å². The minimum atomic E-state index is -2.07. The van der Waals surface area contributed by atoms with Crippen molar-refractivity contribution in [3.05, 3.63) is 0 Å². The molecule has 6 aliphatic heterocycles. The summed E-state index contributed by atoms with van der Waals surface area (Å²) in [6.07, 6.45) is -43.4. The molecule has 0 aliphatic carbocycles. The predicted molar refractivity (Wildman–Crippen MR) is 269 cm³/mol. The van der Waals surface area contributed by atoms with Crippen LogP contribution < -0.4 is 31.9 Å². The van der Waals surface area contributed by atoms with Crippen molar-refractivity contribution in [2.45, 2.75) is 225 Å². The molecular weight excluding hydrogens is 1160 g/mol. The third kappa shape index (κ3) is 16.4. The molecule has 30 atom stereocenters. The summed E-state index contributed by atoms with van der Waals surface area (Å²) >= 11 is 0. The third-order valence-corrected chi connectivity index (χ3v) is 14.8. The van der Waals surface area contributed by atoms with Gasteiger partial charge in [-0.3, -0.25) is 28.8 Å². The van der Waals surface area contributed by atoms with Crippen LogP contribution in [0.25, 0.3) is 0 Å². The standard InChI is InChI=1S/C48H80N6O31/c1-13(61)49-25-33(69)38(20(8-56)75-43(25)74)81-45-27(51-15(3)63)35(71)40(22(10-58)77-45)83-47-29(53-17(5)65)37(73)42(24(12-60)79-47)85-48-30(54-18(6)66)36(72)41(23(11-59)80-48)84-46-28(52-16(4)64)34(70)39(21(9-57)78-46)82-44-26(50-14(2)62)32(68)31(67)19(7-55)76-44/h19-48,55-60,67-74H,7-12H2,1-6H3,(H,49,61)(H,50,62)(H,51,63)(H,52,64)(H,53,65)(H,54,66)/t19-,20-,21-,22-,23-,24-,25-,26-,27-,28-,29-,30-,31-,32-,33-,34-,35-,36-,37-,38-,39-,40-,41-,42-,43-,44+,45+,46+,47-,48+/m1/s1. The normalized spacial score (nSPS) is 44.0. The molecule has 6 aliphatic rings. The summed E-state index contributed by atoms with van der Waals surface area (Å²) in [6.45, 7) is 0.406. The molecule has 37 nitrogen and oxygen atoms in total. The summed E-state index contributed by atoms with van der Waals surface area (Å²) < 4.78 is 65.4. The van der Waals surface area contributed by atoms with Crippen LogP contribution in [0, 0.1) is 0 Å². The molecule has 6 heterocycles. The van der Waals surface area contributed by atoms with E-state index in [0.29, 0.717) is 0 Å². The largest absolute Gasteiger partial charge is 0.394 e. The van der Waals surface area contributed by atoms with Crippen LogP contribution in [0.2, 0.25) is 0 Å². The van der Waals surface area contributed by atoms with Crippen molar-refractivity contribution in [2.24, 2.45) is 0 Å². The van der Waals surface area contributed by atoms with Gasteiger partial charge in [0.05, 0.1) is 39.6 Å². The van der Waals surface area contributed by atoms with E-state index in [2.05, 4.69) is 31.9 Å². The Balaban J connectivity index is 1.23. The van der Waals surface area contributed by atoms with Crippen LogP contribution in [0.3, 0.4) is 0 Å². The Hall–Kier alpha value is -4.18. The molecule has 0 spiro atoms. The minimum absolute atomic E-state index is 0.705. The van der Waals surface area contributed by atoms with Crippen molar-refractivity contribution in [3.63, 3.8) is 0 Å². The summed E-state index contributed by atoms with van der Waals surface area (Å²) in [5, 5.41) is 168. The Bertz CT molecular complexity index is 2230. The Kier molecular flexibility index (Phi) is 25.4. The van der Waals surface area contributed by atoms with E-state index in [1.165, 1.54) is 0 Å². The molecule has 6 fully saturated rings. The summed E-state index contributed by atoms with van der Waals surface area (Å²) in [5.41, 5.74) is 0. The molecule has 0 aromatic rings. The molecule has 6 amide bonds. The summed E-state index contributed by atoms with van der Waals surface area (Å²) in [4.78, 5) is 74.9. The molecular formula is C48H80N6O31. The SMILES string of the molecule is CC(=O)N[C@@H]1[C@@H](O)[C@H](O[C@@H]2O[C@H](CO)[C@@H](O[C@H]3O[C@H](CO)[C@@H](O[C@@H]4O[C@H](CO)[C@@H](O[C@@H]5O[C@H](CO)[C@@H](O[C@@H]6O[C@H](CO)[C@@H](O)[C@H](O)[C@H]6NC(C)=O)[C@H](O)[C@H]5NC(C)=O)[C@H](O)[C@H]4NC(C)=O)[C@H](O)[C@H]3NC(C)=O)[C@H](O)[C@H]2NC(C)=O)[C@@H](CO)O[C@H]1O. The van der Waals surface area contributed by atoms with Gasteiger partial charge in [-0.2, -0.15) is 0 Å². The first-order chi connectivity index (χ1) is 40.1. The van der Waals surface area contributed by atoms with Gasteiger partial charge in [0.2, 0.25) is 35.4 Å². The molecule has 0 unspecified atom stereocenters. The van der Waals surface area contributed by atoms with Gasteiger partial charge in [-0.25, -0.2) is 0 Å². The lowest BCUT2D eigenvalue weighted by Gasteiger charge is -2.51. The number of carbonyl (C=O) groups excluding carboxylic acids is 6. The van der Waals surface area contributed by atoms with Crippen LogP contribution in [0.5, 0.6) is 0 Å². The quantitative estimate of drug-likeness (QED) is 0.0479. The molecule has 20 N–H and O–H groups in total. The number of aliphatic hydroxyl groups excluding tert-OH is 14. The molecule has 6 saturated heterocycles. The fourth-order valence-electron chi connectivity index (χ4n) is 11.0. The van der Waals surface area contributed by atoms with Crippen molar-refractivity contribution in [2.75, 3.05) is 39.6 Å². The lowest BCUT2D eigenvalue weighted by molar-refractivity contribution is -0.370. The van der Waals surface area contributed by atoms with E-state index in [9.17, 15) is 100 Å². The maximum Gasteiger partial charge on any atom is 0.217 e. The first kappa shape index (κ1) is 69.9. The molecule has 0 radical (unpaired) electrons. The number of carbonyl (C=O) groups is 6. The van der Waals surface area contributed by atoms with Crippen LogP contribution in [-0.4, -0.2) is 330 Å². The summed E-state index contributed by atoms with van der Waals surface area (Å²) in [5.74, 6) is -4.75. The Labute approximate surface area is 483 Å². The van der Waals surface area contributed by atoms with Gasteiger partial charge in [0, 0.05) is 41.5 Å². The van der Waals surface area contributed by atoms with E-state index in [4.69, 9.17) is 52.1 Å². The van der Waals surface area contributed by atoms with Crippen molar-refractivity contribution in [1.82, 2.24) is 31.9 Å². The first-order valence-electron chi connectivity index (χ1n) is 27.1. The minimum Gasteiger partial charge on any atom is -0.394 e. The number of amides is 6. The lowest BCUT2D eigenvalue weighted by Crippen LogP contribution is -2.72. The van der Waals surface area contributed by atoms with Crippen LogP contribution >= 0.6 is 0 Å². The molecule has 0 aromatic carbocycles. The zero-order valence-electron chi connectivity index (χ0n) is 46.8. The van der Waals surface area contributed by atoms with Crippen LogP contribution in [-0.2, 0) is 80.9 Å². The molecule has 0 saturated carbocycles. The molecule has 6 rings (SSSR count). The number of rotatable bonds is 22. The topological polar surface area (TPSA) is 559 Å². The maximum absolute atomic E-state index is 12.8. The predicted octanol–water partition coefficient (Wildman–Crippen LogP) is -13.2. The number of nitrogens with one attached hydrogen (secondary N) is 6. The van der Waals surface area contributed by atoms with E-state index < -0.39 is 259 Å². The van der Waals surface area contributed by atoms with Gasteiger partial charge < -0.3 is 155 Å². The fourth-order valence-corrected chi connectivity index (χ4v) is 11.0.